The molecule has 2 fully saturated rings. The maximum Gasteiger partial charge on any atom is 0.259 e. The summed E-state index contributed by atoms with van der Waals surface area (Å²) in [6.45, 7) is 3.78. The van der Waals surface area contributed by atoms with E-state index in [0.717, 1.165) is 51.9 Å². The number of nitrogens with zero attached hydrogens (tertiary/aromatic N) is 8. The molecule has 2 saturated heterocycles. The molecule has 9 nitrogen and oxygen atoms in total. The molecule has 9 heteroatoms. The minimum atomic E-state index is 0.257. The van der Waals surface area contributed by atoms with Crippen molar-refractivity contribution in [2.45, 2.75) is 38.5 Å². The number of piperidine rings is 2. The van der Waals surface area contributed by atoms with Gasteiger partial charge in [0.1, 0.15) is 17.5 Å². The summed E-state index contributed by atoms with van der Waals surface area (Å²) >= 11 is 0. The summed E-state index contributed by atoms with van der Waals surface area (Å²) in [6.07, 6.45) is 8.49. The first kappa shape index (κ1) is 16.6. The van der Waals surface area contributed by atoms with E-state index in [-0.39, 0.29) is 5.82 Å². The molecular weight excluding hydrogens is 330 g/mol. The molecule has 26 heavy (non-hydrogen) atoms. The first-order valence-corrected chi connectivity index (χ1v) is 9.26. The van der Waals surface area contributed by atoms with Crippen molar-refractivity contribution in [2.24, 2.45) is 0 Å². The van der Waals surface area contributed by atoms with Crippen LogP contribution >= 0.6 is 0 Å². The molecule has 2 aliphatic heterocycles. The Balaban J connectivity index is 1.76. The molecule has 2 aromatic heterocycles. The molecule has 4 rings (SSSR count). The average molecular weight is 353 g/mol. The Bertz CT molecular complexity index is 774. The van der Waals surface area contributed by atoms with E-state index in [4.69, 9.17) is 16.0 Å². The molecule has 0 bridgehead atoms. The maximum absolute atomic E-state index is 9.14. The second-order valence-corrected chi connectivity index (χ2v) is 6.80. The number of hydrogen-bond donors (Lipinski definition) is 1. The molecule has 2 aliphatic rings. The van der Waals surface area contributed by atoms with Crippen molar-refractivity contribution in [2.75, 3.05) is 41.7 Å². The molecule has 0 atom stereocenters. The number of hydrogen-bond acceptors (Lipinski definition) is 8. The summed E-state index contributed by atoms with van der Waals surface area (Å²) in [5.74, 6) is 1.97. The van der Waals surface area contributed by atoms with Crippen LogP contribution in [0.2, 0.25) is 0 Å². The summed E-state index contributed by atoms with van der Waals surface area (Å²) in [5.41, 5.74) is 6.38. The van der Waals surface area contributed by atoms with Crippen molar-refractivity contribution < 1.29 is 0 Å². The average Bonchev–Trinajstić information content (AvgIpc) is 3.09. The zero-order valence-corrected chi connectivity index (χ0v) is 14.8. The lowest BCUT2D eigenvalue weighted by atomic mass is 10.1. The largest absolute Gasteiger partial charge is 0.382 e. The van der Waals surface area contributed by atoms with Gasteiger partial charge in [0.2, 0.25) is 11.9 Å². The van der Waals surface area contributed by atoms with E-state index in [1.54, 1.807) is 0 Å². The quantitative estimate of drug-likeness (QED) is 0.883. The van der Waals surface area contributed by atoms with Crippen molar-refractivity contribution >= 4 is 17.7 Å². The molecule has 136 valence electrons. The van der Waals surface area contributed by atoms with Gasteiger partial charge in [0.25, 0.3) is 5.95 Å². The van der Waals surface area contributed by atoms with E-state index >= 15 is 0 Å². The summed E-state index contributed by atoms with van der Waals surface area (Å²) < 4.78 is 1.43. The zero-order valence-electron chi connectivity index (χ0n) is 14.8. The standard InChI is InChI=1S/C17H23N9/c18-11-13-12-20-26(14(13)19)17-22-15(24-7-3-1-4-8-24)21-16(23-17)25-9-5-2-6-10-25/h12H,1-10,19H2. The summed E-state index contributed by atoms with van der Waals surface area (Å²) in [6, 6.07) is 2.04. The van der Waals surface area contributed by atoms with Gasteiger partial charge < -0.3 is 15.5 Å². The van der Waals surface area contributed by atoms with Gasteiger partial charge in [-0.05, 0) is 38.5 Å². The Hall–Kier alpha value is -2.89. The van der Waals surface area contributed by atoms with Crippen LogP contribution in [0.5, 0.6) is 0 Å². The van der Waals surface area contributed by atoms with E-state index in [1.807, 2.05) is 6.07 Å². The highest BCUT2D eigenvalue weighted by Crippen LogP contribution is 2.23. The van der Waals surface area contributed by atoms with Crippen molar-refractivity contribution in [1.29, 1.82) is 5.26 Å². The molecule has 0 spiro atoms. The van der Waals surface area contributed by atoms with Gasteiger partial charge in [-0.1, -0.05) is 0 Å². The summed E-state index contributed by atoms with van der Waals surface area (Å²) in [7, 11) is 0. The van der Waals surface area contributed by atoms with Crippen LogP contribution in [-0.4, -0.2) is 50.9 Å². The fraction of sp³-hybridized carbons (Fsp3) is 0.588. The van der Waals surface area contributed by atoms with Crippen LogP contribution in [0.1, 0.15) is 44.1 Å². The molecule has 0 amide bonds. The number of nitrogen functional groups attached to an aromatic ring is 1. The monoisotopic (exact) mass is 353 g/mol. The zero-order chi connectivity index (χ0) is 17.9. The van der Waals surface area contributed by atoms with Gasteiger partial charge in [-0.2, -0.15) is 30.0 Å². The van der Waals surface area contributed by atoms with Gasteiger partial charge >= 0.3 is 0 Å². The summed E-state index contributed by atoms with van der Waals surface area (Å²) in [5, 5.41) is 13.4. The Morgan fingerprint density at radius 1 is 0.808 bits per heavy atom. The normalized spacial score (nSPS) is 18.0. The first-order chi connectivity index (χ1) is 12.8. The maximum atomic E-state index is 9.14. The van der Waals surface area contributed by atoms with Crippen LogP contribution in [0.15, 0.2) is 6.20 Å². The molecule has 0 saturated carbocycles. The van der Waals surface area contributed by atoms with Crippen molar-refractivity contribution in [3.8, 4) is 12.0 Å². The predicted molar refractivity (Wildman–Crippen MR) is 98.2 cm³/mol. The lowest BCUT2D eigenvalue weighted by Gasteiger charge is -2.30. The topological polar surface area (TPSA) is 113 Å². The lowest BCUT2D eigenvalue weighted by molar-refractivity contribution is 0.554. The van der Waals surface area contributed by atoms with Gasteiger partial charge in [0.05, 0.1) is 6.20 Å². The second kappa shape index (κ2) is 7.15. The number of nitriles is 1. The number of rotatable bonds is 3. The van der Waals surface area contributed by atoms with Gasteiger partial charge in [-0.3, -0.25) is 0 Å². The van der Waals surface area contributed by atoms with Crippen molar-refractivity contribution in [1.82, 2.24) is 24.7 Å². The third-order valence-corrected chi connectivity index (χ3v) is 4.99. The fourth-order valence-electron chi connectivity index (χ4n) is 3.51. The third kappa shape index (κ3) is 3.14. The van der Waals surface area contributed by atoms with E-state index in [2.05, 4.69) is 24.9 Å². The number of anilines is 3. The molecule has 2 aromatic rings. The Morgan fingerprint density at radius 2 is 1.31 bits per heavy atom. The van der Waals surface area contributed by atoms with Crippen molar-refractivity contribution in [3.63, 3.8) is 0 Å². The van der Waals surface area contributed by atoms with Crippen LogP contribution in [0.25, 0.3) is 5.95 Å². The molecule has 2 N–H and O–H groups in total. The Kier molecular flexibility index (Phi) is 4.56. The summed E-state index contributed by atoms with van der Waals surface area (Å²) in [4.78, 5) is 18.4. The molecule has 0 aliphatic carbocycles. The van der Waals surface area contributed by atoms with E-state index in [0.29, 0.717) is 23.4 Å². The Morgan fingerprint density at radius 3 is 1.77 bits per heavy atom. The smallest absolute Gasteiger partial charge is 0.259 e. The first-order valence-electron chi connectivity index (χ1n) is 9.26. The molecule has 0 radical (unpaired) electrons. The van der Waals surface area contributed by atoms with Gasteiger partial charge in [0.15, 0.2) is 0 Å². The highest BCUT2D eigenvalue weighted by molar-refractivity contribution is 5.52. The lowest BCUT2D eigenvalue weighted by Crippen LogP contribution is -2.35. The molecule has 0 aromatic carbocycles. The van der Waals surface area contributed by atoms with Crippen molar-refractivity contribution in [3.05, 3.63) is 11.8 Å². The second-order valence-electron chi connectivity index (χ2n) is 6.80. The molecule has 4 heterocycles. The third-order valence-electron chi connectivity index (χ3n) is 4.99. The number of nitrogens with two attached hydrogens (primary N) is 1. The SMILES string of the molecule is N#Cc1cnn(-c2nc(N3CCCCC3)nc(N3CCCCC3)n2)c1N. The van der Waals surface area contributed by atoms with Crippen LogP contribution < -0.4 is 15.5 Å². The predicted octanol–water partition coefficient (Wildman–Crippen LogP) is 1.49. The number of aromatic nitrogens is 5. The van der Waals surface area contributed by atoms with Crippen LogP contribution in [0.3, 0.4) is 0 Å². The fourth-order valence-corrected chi connectivity index (χ4v) is 3.51. The van der Waals surface area contributed by atoms with E-state index < -0.39 is 0 Å². The van der Waals surface area contributed by atoms with Gasteiger partial charge in [-0.25, -0.2) is 0 Å². The highest BCUT2D eigenvalue weighted by atomic mass is 15.4. The minimum Gasteiger partial charge on any atom is -0.382 e. The van der Waals surface area contributed by atoms with E-state index in [9.17, 15) is 0 Å². The van der Waals surface area contributed by atoms with Gasteiger partial charge in [0, 0.05) is 26.2 Å². The minimum absolute atomic E-state index is 0.257. The molecular formula is C17H23N9. The van der Waals surface area contributed by atoms with Crippen LogP contribution in [0, 0.1) is 11.3 Å². The molecule has 0 unspecified atom stereocenters. The van der Waals surface area contributed by atoms with Crippen LogP contribution in [0.4, 0.5) is 17.7 Å². The van der Waals surface area contributed by atoms with E-state index in [1.165, 1.54) is 23.7 Å². The van der Waals surface area contributed by atoms with Crippen LogP contribution in [-0.2, 0) is 0 Å². The highest BCUT2D eigenvalue weighted by Gasteiger charge is 2.22. The Labute approximate surface area is 152 Å². The van der Waals surface area contributed by atoms with Gasteiger partial charge in [-0.15, -0.1) is 0 Å².